The van der Waals surface area contributed by atoms with Crippen LogP contribution in [0.4, 0.5) is 37.5 Å². The largest absolute Gasteiger partial charge is 0.352 e. The number of halogens is 2. The lowest BCUT2D eigenvalue weighted by atomic mass is 10.2. The van der Waals surface area contributed by atoms with Crippen LogP contribution in [0.5, 0.6) is 0 Å². The lowest BCUT2D eigenvalue weighted by Crippen LogP contribution is -2.24. The first-order valence-corrected chi connectivity index (χ1v) is 11.9. The molecule has 12 heteroatoms. The van der Waals surface area contributed by atoms with Crippen molar-refractivity contribution in [3.8, 4) is 6.07 Å². The van der Waals surface area contributed by atoms with Crippen LogP contribution in [0.2, 0.25) is 0 Å². The Labute approximate surface area is 201 Å². The zero-order valence-electron chi connectivity index (χ0n) is 18.5. The van der Waals surface area contributed by atoms with Crippen molar-refractivity contribution in [3.63, 3.8) is 0 Å². The van der Waals surface area contributed by atoms with Gasteiger partial charge in [-0.25, -0.2) is 27.9 Å². The molecular weight excluding hydrogens is 474 g/mol. The highest BCUT2D eigenvalue weighted by Crippen LogP contribution is 2.36. The number of aromatic amines is 1. The van der Waals surface area contributed by atoms with Crippen molar-refractivity contribution in [3.05, 3.63) is 60.0 Å². The molecule has 0 spiro atoms. The molecule has 1 aliphatic carbocycles. The maximum Gasteiger partial charge on any atom is 0.295 e. The number of rotatable bonds is 8. The van der Waals surface area contributed by atoms with Crippen molar-refractivity contribution in [1.82, 2.24) is 19.9 Å². The van der Waals surface area contributed by atoms with Crippen molar-refractivity contribution in [2.24, 2.45) is 0 Å². The topological polar surface area (TPSA) is 123 Å². The average molecular weight is 495 g/mol. The summed E-state index contributed by atoms with van der Waals surface area (Å²) in [6.45, 7) is 0. The van der Waals surface area contributed by atoms with E-state index in [1.807, 2.05) is 30.3 Å². The molecule has 35 heavy (non-hydrogen) atoms. The summed E-state index contributed by atoms with van der Waals surface area (Å²) in [6, 6.07) is 15.8. The van der Waals surface area contributed by atoms with Crippen molar-refractivity contribution in [2.45, 2.75) is 24.5 Å². The third-order valence-corrected chi connectivity index (χ3v) is 7.18. The molecule has 3 heterocycles. The number of H-pyrrole nitrogens is 1. The van der Waals surface area contributed by atoms with E-state index >= 15 is 0 Å². The molecule has 3 aromatic heterocycles. The van der Waals surface area contributed by atoms with Crippen LogP contribution in [0, 0.1) is 11.3 Å². The van der Waals surface area contributed by atoms with Gasteiger partial charge in [0.1, 0.15) is 39.9 Å². The van der Waals surface area contributed by atoms with Gasteiger partial charge in [-0.1, -0.05) is 18.2 Å². The third-order valence-electron chi connectivity index (χ3n) is 5.40. The summed E-state index contributed by atoms with van der Waals surface area (Å²) >= 11 is 0. The minimum Gasteiger partial charge on any atom is -0.352 e. The summed E-state index contributed by atoms with van der Waals surface area (Å²) in [6.07, 6.45) is -0.946. The van der Waals surface area contributed by atoms with E-state index in [1.54, 1.807) is 35.6 Å². The van der Waals surface area contributed by atoms with Crippen molar-refractivity contribution in [2.75, 3.05) is 22.0 Å². The van der Waals surface area contributed by atoms with E-state index < -0.39 is 23.2 Å². The Hall–Kier alpha value is -4.11. The zero-order chi connectivity index (χ0) is 24.5. The molecule has 5 rings (SSSR count). The number of para-hydroxylation sites is 2. The summed E-state index contributed by atoms with van der Waals surface area (Å²) in [4.78, 5) is 15.1. The lowest BCUT2D eigenvalue weighted by Gasteiger charge is -2.22. The van der Waals surface area contributed by atoms with E-state index in [1.165, 1.54) is 0 Å². The molecule has 1 aliphatic rings. The number of pyridine rings is 2. The summed E-state index contributed by atoms with van der Waals surface area (Å²) in [5.41, 5.74) is 2.37. The fraction of sp³-hybridized carbons (Fsp3) is 0.217. The maximum absolute atomic E-state index is 13.4. The number of nitrogens with one attached hydrogen (secondary N) is 3. The molecule has 178 valence electrons. The van der Waals surface area contributed by atoms with Gasteiger partial charge < -0.3 is 15.6 Å². The summed E-state index contributed by atoms with van der Waals surface area (Å²) in [5, 5.41) is 15.5. The van der Waals surface area contributed by atoms with Crippen LogP contribution in [0.1, 0.15) is 30.8 Å². The number of hydrogen-bond acceptors (Lipinski definition) is 7. The summed E-state index contributed by atoms with van der Waals surface area (Å²) in [5.74, 6) is 0.159. The van der Waals surface area contributed by atoms with E-state index in [-0.39, 0.29) is 16.6 Å². The van der Waals surface area contributed by atoms with Crippen LogP contribution in [-0.4, -0.2) is 36.4 Å². The first-order chi connectivity index (χ1) is 16.9. The Morgan fingerprint density at radius 3 is 2.63 bits per heavy atom. The van der Waals surface area contributed by atoms with Crippen molar-refractivity contribution >= 4 is 50.8 Å². The minimum absolute atomic E-state index is 0.0802. The molecule has 3 N–H and O–H groups in total. The van der Waals surface area contributed by atoms with E-state index in [0.717, 1.165) is 12.8 Å². The number of aromatic nitrogens is 4. The smallest absolute Gasteiger partial charge is 0.295 e. The van der Waals surface area contributed by atoms with Gasteiger partial charge >= 0.3 is 0 Å². The molecule has 1 aromatic carbocycles. The molecule has 0 bridgehead atoms. The quantitative estimate of drug-likeness (QED) is 0.318. The fourth-order valence-corrected chi connectivity index (χ4v) is 4.90. The molecule has 9 nitrogen and oxygen atoms in total. The molecule has 1 fully saturated rings. The Kier molecular flexibility index (Phi) is 6.00. The third kappa shape index (κ3) is 4.76. The Morgan fingerprint density at radius 1 is 1.09 bits per heavy atom. The molecule has 1 saturated carbocycles. The molecule has 1 atom stereocenters. The van der Waals surface area contributed by atoms with Crippen molar-refractivity contribution < 1.29 is 13.0 Å². The van der Waals surface area contributed by atoms with Crippen LogP contribution in [0.3, 0.4) is 0 Å². The molecule has 0 radical (unpaired) electrons. The molecule has 4 aromatic rings. The number of benzene rings is 1. The molecule has 0 amide bonds. The van der Waals surface area contributed by atoms with Gasteiger partial charge in [-0.3, -0.25) is 4.31 Å². The number of hydrogen-bond donors (Lipinski definition) is 3. The number of nitriles is 1. The summed E-state index contributed by atoms with van der Waals surface area (Å²) < 4.78 is 41.3. The number of fused-ring (bicyclic) bond motifs is 1. The number of imidazole rings is 1. The monoisotopic (exact) mass is 494 g/mol. The number of nitrogens with zero attached hydrogens (tertiary/aromatic N) is 5. The van der Waals surface area contributed by atoms with Gasteiger partial charge in [0, 0.05) is 13.1 Å². The van der Waals surface area contributed by atoms with Crippen LogP contribution < -0.4 is 14.9 Å². The minimum atomic E-state index is -2.80. The van der Waals surface area contributed by atoms with Gasteiger partial charge in [-0.2, -0.15) is 5.26 Å². The predicted octanol–water partition coefficient (Wildman–Crippen LogP) is 4.91. The van der Waals surface area contributed by atoms with Crippen LogP contribution in [0.15, 0.2) is 48.5 Å². The standard InChI is InChI=1S/C23H20F2N8OS/c1-33(35(34)14-9-10-14)17-7-3-2-6-15(17)28-16-11-19(29-18-8-4-5-13(12-26)27-18)30-22-20(16)31-23(32-22)21(24)25/h2-8,11,14,21H,9-10H2,1H3,(H3,27,28,29,30,31,32). The predicted molar refractivity (Wildman–Crippen MR) is 130 cm³/mol. The van der Waals surface area contributed by atoms with Crippen LogP contribution in [-0.2, 0) is 11.0 Å². The van der Waals surface area contributed by atoms with Crippen molar-refractivity contribution in [1.29, 1.82) is 5.26 Å². The highest BCUT2D eigenvalue weighted by atomic mass is 32.2. The zero-order valence-corrected chi connectivity index (χ0v) is 19.3. The Morgan fingerprint density at radius 2 is 1.89 bits per heavy atom. The summed E-state index contributed by atoms with van der Waals surface area (Å²) in [7, 11) is 0.594. The highest BCUT2D eigenvalue weighted by Gasteiger charge is 2.32. The second kappa shape index (κ2) is 9.27. The van der Waals surface area contributed by atoms with Crippen LogP contribution >= 0.6 is 0 Å². The second-order valence-electron chi connectivity index (χ2n) is 7.94. The molecular formula is C23H20F2N8OS. The Balaban J connectivity index is 1.55. The lowest BCUT2D eigenvalue weighted by molar-refractivity contribution is 0.142. The molecule has 1 unspecified atom stereocenters. The van der Waals surface area contributed by atoms with Gasteiger partial charge in [0.2, 0.25) is 0 Å². The van der Waals surface area contributed by atoms with Gasteiger partial charge in [-0.15, -0.1) is 0 Å². The maximum atomic E-state index is 13.4. The second-order valence-corrected chi connectivity index (χ2v) is 9.70. The number of anilines is 5. The van der Waals surface area contributed by atoms with Gasteiger partial charge in [0.15, 0.2) is 11.5 Å². The van der Waals surface area contributed by atoms with E-state index in [9.17, 15) is 13.0 Å². The number of alkyl halides is 2. The fourth-order valence-electron chi connectivity index (χ4n) is 3.56. The highest BCUT2D eigenvalue weighted by molar-refractivity contribution is 7.87. The van der Waals surface area contributed by atoms with Gasteiger partial charge in [0.05, 0.1) is 22.3 Å². The average Bonchev–Trinajstić information content (AvgIpc) is 3.62. The molecule has 0 saturated heterocycles. The first-order valence-electron chi connectivity index (χ1n) is 10.8. The SMILES string of the molecule is CN(c1ccccc1Nc1cc(Nc2cccc(C#N)n2)nc2nc(C(F)F)[nH]c12)S(=O)C1CC1. The Bertz CT molecular complexity index is 1460. The normalized spacial score (nSPS) is 14.0. The molecule has 0 aliphatic heterocycles. The van der Waals surface area contributed by atoms with Crippen LogP contribution in [0.25, 0.3) is 11.2 Å². The van der Waals surface area contributed by atoms with Gasteiger partial charge in [0.25, 0.3) is 6.43 Å². The van der Waals surface area contributed by atoms with Gasteiger partial charge in [-0.05, 0) is 37.1 Å². The van der Waals surface area contributed by atoms with E-state index in [4.69, 9.17) is 5.26 Å². The van der Waals surface area contributed by atoms with E-state index in [2.05, 4.69) is 30.6 Å². The first kappa shape index (κ1) is 22.7. The van der Waals surface area contributed by atoms with E-state index in [0.29, 0.717) is 34.2 Å².